The van der Waals surface area contributed by atoms with Gasteiger partial charge in [-0.25, -0.2) is 0 Å². The molecule has 170 valence electrons. The molecule has 0 spiro atoms. The highest BCUT2D eigenvalue weighted by Crippen LogP contribution is 2.20. The van der Waals surface area contributed by atoms with E-state index in [4.69, 9.17) is 9.47 Å². The maximum absolute atomic E-state index is 12.3. The highest BCUT2D eigenvalue weighted by atomic mass is 16.5. The van der Waals surface area contributed by atoms with E-state index in [1.54, 1.807) is 12.2 Å². The third-order valence-electron chi connectivity index (χ3n) is 5.53. The van der Waals surface area contributed by atoms with Crippen molar-refractivity contribution in [3.05, 3.63) is 78.0 Å². The number of carbonyl (C=O) groups is 2. The summed E-state index contributed by atoms with van der Waals surface area (Å²) >= 11 is 0. The Labute approximate surface area is 193 Å². The van der Waals surface area contributed by atoms with Crippen molar-refractivity contribution < 1.29 is 19.1 Å². The molecule has 1 fully saturated rings. The van der Waals surface area contributed by atoms with Gasteiger partial charge in [-0.15, -0.1) is 0 Å². The summed E-state index contributed by atoms with van der Waals surface area (Å²) in [5, 5.41) is 1.11. The van der Waals surface area contributed by atoms with E-state index in [2.05, 4.69) is 9.88 Å². The second kappa shape index (κ2) is 11.4. The van der Waals surface area contributed by atoms with Gasteiger partial charge in [0.25, 0.3) is 0 Å². The van der Waals surface area contributed by atoms with E-state index in [9.17, 15) is 9.59 Å². The molecule has 0 unspecified atom stereocenters. The molecule has 6 heteroatoms. The molecular formula is C27H28N2O4. The molecule has 0 aliphatic carbocycles. The lowest BCUT2D eigenvalue weighted by Gasteiger charge is -2.26. The summed E-state index contributed by atoms with van der Waals surface area (Å²) in [6, 6.07) is 15.5. The van der Waals surface area contributed by atoms with E-state index in [0.717, 1.165) is 60.6 Å². The SMILES string of the molecule is O=C(/C=C/c1ccc2cc[nH]c2c1)CC(=O)/C=C/c1ccccc1OCCN1CCOCC1. The maximum atomic E-state index is 12.3. The first-order valence-corrected chi connectivity index (χ1v) is 11.2. The summed E-state index contributed by atoms with van der Waals surface area (Å²) in [4.78, 5) is 30.0. The zero-order valence-corrected chi connectivity index (χ0v) is 18.5. The van der Waals surface area contributed by atoms with Crippen LogP contribution in [0.15, 0.2) is 66.9 Å². The first-order valence-electron chi connectivity index (χ1n) is 11.2. The molecule has 1 aromatic heterocycles. The summed E-state index contributed by atoms with van der Waals surface area (Å²) in [6.45, 7) is 4.76. The summed E-state index contributed by atoms with van der Waals surface area (Å²) < 4.78 is 11.3. The van der Waals surface area contributed by atoms with Crippen molar-refractivity contribution in [2.45, 2.75) is 6.42 Å². The van der Waals surface area contributed by atoms with Gasteiger partial charge < -0.3 is 14.5 Å². The van der Waals surface area contributed by atoms with Crippen LogP contribution >= 0.6 is 0 Å². The number of aromatic amines is 1. The predicted octanol–water partition coefficient (Wildman–Crippen LogP) is 4.13. The number of hydrogen-bond acceptors (Lipinski definition) is 5. The number of fused-ring (bicyclic) bond motifs is 1. The Morgan fingerprint density at radius 3 is 2.64 bits per heavy atom. The Morgan fingerprint density at radius 2 is 1.79 bits per heavy atom. The van der Waals surface area contributed by atoms with Crippen molar-refractivity contribution in [1.29, 1.82) is 0 Å². The van der Waals surface area contributed by atoms with E-state index >= 15 is 0 Å². The normalized spacial score (nSPS) is 14.9. The van der Waals surface area contributed by atoms with E-state index in [1.165, 1.54) is 12.2 Å². The van der Waals surface area contributed by atoms with Crippen LogP contribution in [-0.2, 0) is 14.3 Å². The number of nitrogens with one attached hydrogen (secondary N) is 1. The topological polar surface area (TPSA) is 71.6 Å². The van der Waals surface area contributed by atoms with Gasteiger partial charge in [0.1, 0.15) is 12.4 Å². The molecule has 2 aromatic carbocycles. The number of carbonyl (C=O) groups excluding carboxylic acids is 2. The lowest BCUT2D eigenvalue weighted by Crippen LogP contribution is -2.38. The average molecular weight is 445 g/mol. The van der Waals surface area contributed by atoms with Gasteiger partial charge >= 0.3 is 0 Å². The van der Waals surface area contributed by atoms with Crippen LogP contribution in [0.2, 0.25) is 0 Å². The highest BCUT2D eigenvalue weighted by Gasteiger charge is 2.10. The Kier molecular flexibility index (Phi) is 7.85. The standard InChI is InChI=1S/C27H28N2O4/c30-24(9-6-21-5-7-22-11-12-28-26(22)19-21)20-25(31)10-8-23-3-1-2-4-27(23)33-18-15-29-13-16-32-17-14-29/h1-12,19,28H,13-18,20H2/b9-6+,10-8+. The molecular weight excluding hydrogens is 416 g/mol. The van der Waals surface area contributed by atoms with Gasteiger partial charge in [-0.2, -0.15) is 0 Å². The summed E-state index contributed by atoms with van der Waals surface area (Å²) in [5.41, 5.74) is 2.73. The van der Waals surface area contributed by atoms with Gasteiger partial charge in [-0.1, -0.05) is 36.4 Å². The first kappa shape index (κ1) is 22.7. The smallest absolute Gasteiger partial charge is 0.163 e. The minimum atomic E-state index is -0.243. The van der Waals surface area contributed by atoms with Crippen molar-refractivity contribution in [2.75, 3.05) is 39.5 Å². The van der Waals surface area contributed by atoms with E-state index in [-0.39, 0.29) is 18.0 Å². The number of hydrogen-bond donors (Lipinski definition) is 1. The van der Waals surface area contributed by atoms with Crippen LogP contribution in [0.4, 0.5) is 0 Å². The molecule has 3 aromatic rings. The minimum Gasteiger partial charge on any atom is -0.492 e. The molecule has 0 amide bonds. The Balaban J connectivity index is 1.28. The van der Waals surface area contributed by atoms with Gasteiger partial charge in [0.15, 0.2) is 11.6 Å². The zero-order chi connectivity index (χ0) is 22.9. The Hall–Kier alpha value is -3.48. The Morgan fingerprint density at radius 1 is 1.00 bits per heavy atom. The van der Waals surface area contributed by atoms with Gasteiger partial charge in [-0.05, 0) is 47.4 Å². The number of aromatic nitrogens is 1. The van der Waals surface area contributed by atoms with Gasteiger partial charge in [0.2, 0.25) is 0 Å². The van der Waals surface area contributed by atoms with Crippen molar-refractivity contribution >= 4 is 34.6 Å². The number of nitrogens with zero attached hydrogens (tertiary/aromatic N) is 1. The predicted molar refractivity (Wildman–Crippen MR) is 130 cm³/mol. The van der Waals surface area contributed by atoms with Crippen LogP contribution in [-0.4, -0.2) is 60.9 Å². The molecule has 1 aliphatic rings. The number of allylic oxidation sites excluding steroid dienone is 2. The average Bonchev–Trinajstić information content (AvgIpc) is 3.31. The molecule has 1 N–H and O–H groups in total. The van der Waals surface area contributed by atoms with Crippen LogP contribution in [0.1, 0.15) is 17.5 Å². The van der Waals surface area contributed by atoms with E-state index in [1.807, 2.05) is 54.7 Å². The van der Waals surface area contributed by atoms with Gasteiger partial charge in [0, 0.05) is 36.9 Å². The number of H-pyrrole nitrogens is 1. The van der Waals surface area contributed by atoms with Gasteiger partial charge in [-0.3, -0.25) is 14.5 Å². The van der Waals surface area contributed by atoms with Crippen LogP contribution in [0.5, 0.6) is 5.75 Å². The fraction of sp³-hybridized carbons (Fsp3) is 0.259. The molecule has 6 nitrogen and oxygen atoms in total. The molecule has 2 heterocycles. The molecule has 0 bridgehead atoms. The quantitative estimate of drug-likeness (QED) is 0.376. The number of para-hydroxylation sites is 1. The van der Waals surface area contributed by atoms with Crippen LogP contribution in [0.25, 0.3) is 23.1 Å². The molecule has 4 rings (SSSR count). The fourth-order valence-corrected chi connectivity index (χ4v) is 3.69. The molecule has 33 heavy (non-hydrogen) atoms. The van der Waals surface area contributed by atoms with Crippen molar-refractivity contribution in [3.8, 4) is 5.75 Å². The van der Waals surface area contributed by atoms with Gasteiger partial charge in [0.05, 0.1) is 19.6 Å². The van der Waals surface area contributed by atoms with Crippen LogP contribution in [0.3, 0.4) is 0 Å². The van der Waals surface area contributed by atoms with Crippen molar-refractivity contribution in [2.24, 2.45) is 0 Å². The highest BCUT2D eigenvalue weighted by molar-refractivity contribution is 6.11. The number of benzene rings is 2. The number of ether oxygens (including phenoxy) is 2. The van der Waals surface area contributed by atoms with E-state index < -0.39 is 0 Å². The first-order chi connectivity index (χ1) is 16.2. The third-order valence-corrected chi connectivity index (χ3v) is 5.53. The van der Waals surface area contributed by atoms with Crippen molar-refractivity contribution in [1.82, 2.24) is 9.88 Å². The number of ketones is 2. The summed E-state index contributed by atoms with van der Waals surface area (Å²) in [6.07, 6.45) is 8.05. The Bertz CT molecular complexity index is 1160. The monoisotopic (exact) mass is 444 g/mol. The lowest BCUT2D eigenvalue weighted by atomic mass is 10.1. The largest absolute Gasteiger partial charge is 0.492 e. The lowest BCUT2D eigenvalue weighted by molar-refractivity contribution is -0.121. The number of morpholine rings is 1. The van der Waals surface area contributed by atoms with Crippen molar-refractivity contribution in [3.63, 3.8) is 0 Å². The number of rotatable bonds is 10. The molecule has 0 saturated carbocycles. The van der Waals surface area contributed by atoms with Crippen LogP contribution < -0.4 is 4.74 Å². The van der Waals surface area contributed by atoms with Crippen LogP contribution in [0, 0.1) is 0 Å². The fourth-order valence-electron chi connectivity index (χ4n) is 3.69. The molecule has 1 saturated heterocycles. The molecule has 0 radical (unpaired) electrons. The zero-order valence-electron chi connectivity index (χ0n) is 18.5. The second-order valence-corrected chi connectivity index (χ2v) is 7.94. The molecule has 1 aliphatic heterocycles. The summed E-state index contributed by atoms with van der Waals surface area (Å²) in [7, 11) is 0. The molecule has 0 atom stereocenters. The second-order valence-electron chi connectivity index (χ2n) is 7.94. The summed E-state index contributed by atoms with van der Waals surface area (Å²) in [5.74, 6) is 0.250. The maximum Gasteiger partial charge on any atom is 0.163 e. The third kappa shape index (κ3) is 6.75. The minimum absolute atomic E-state index is 0.169. The van der Waals surface area contributed by atoms with E-state index in [0.29, 0.717) is 6.61 Å².